The Morgan fingerprint density at radius 3 is 2.67 bits per heavy atom. The Morgan fingerprint density at radius 1 is 1.24 bits per heavy atom. The predicted octanol–water partition coefficient (Wildman–Crippen LogP) is 1.74. The van der Waals surface area contributed by atoms with Crippen molar-refractivity contribution in [2.24, 2.45) is 5.92 Å². The van der Waals surface area contributed by atoms with Gasteiger partial charge >= 0.3 is 0 Å². The van der Waals surface area contributed by atoms with Gasteiger partial charge in [-0.25, -0.2) is 0 Å². The van der Waals surface area contributed by atoms with Crippen molar-refractivity contribution in [3.05, 3.63) is 45.7 Å². The number of hydrogen-bond acceptors (Lipinski definition) is 8. The second kappa shape index (κ2) is 8.50. The predicted molar refractivity (Wildman–Crippen MR) is 118 cm³/mol. The number of nitrogens with one attached hydrogen (secondary N) is 2. The molecular weight excluding hydrogens is 426 g/mol. The summed E-state index contributed by atoms with van der Waals surface area (Å²) in [4.78, 5) is 35.6. The highest BCUT2D eigenvalue weighted by Crippen LogP contribution is 2.42. The number of H-pyrrole nitrogens is 1. The number of fused-ring (bicyclic) bond motifs is 1. The van der Waals surface area contributed by atoms with Crippen molar-refractivity contribution in [1.82, 2.24) is 9.97 Å². The quantitative estimate of drug-likeness (QED) is 0.719. The average molecular weight is 451 g/mol. The van der Waals surface area contributed by atoms with Gasteiger partial charge in [0.15, 0.2) is 5.79 Å². The molecule has 1 aromatic heterocycles. The molecule has 4 heterocycles. The minimum absolute atomic E-state index is 0.176. The molecule has 2 fully saturated rings. The van der Waals surface area contributed by atoms with Crippen molar-refractivity contribution in [1.29, 1.82) is 5.26 Å². The van der Waals surface area contributed by atoms with E-state index in [0.29, 0.717) is 63.0 Å². The number of piperidine rings is 1. The molecule has 172 valence electrons. The molecule has 3 aliphatic rings. The van der Waals surface area contributed by atoms with Gasteiger partial charge in [-0.3, -0.25) is 14.6 Å². The van der Waals surface area contributed by atoms with Gasteiger partial charge in [0.25, 0.3) is 5.56 Å². The van der Waals surface area contributed by atoms with Gasteiger partial charge < -0.3 is 24.4 Å². The van der Waals surface area contributed by atoms with E-state index in [1.165, 1.54) is 0 Å². The fourth-order valence-corrected chi connectivity index (χ4v) is 4.85. The van der Waals surface area contributed by atoms with Gasteiger partial charge in [-0.1, -0.05) is 18.2 Å². The van der Waals surface area contributed by atoms with Crippen LogP contribution < -0.4 is 20.5 Å². The first-order valence-corrected chi connectivity index (χ1v) is 11.1. The highest BCUT2D eigenvalue weighted by atomic mass is 16.7. The summed E-state index contributed by atoms with van der Waals surface area (Å²) in [5, 5.41) is 12.4. The third kappa shape index (κ3) is 3.73. The van der Waals surface area contributed by atoms with Gasteiger partial charge in [-0.15, -0.1) is 0 Å². The van der Waals surface area contributed by atoms with Gasteiger partial charge in [-0.2, -0.15) is 10.2 Å². The summed E-state index contributed by atoms with van der Waals surface area (Å²) in [6, 6.07) is 9.22. The maximum absolute atomic E-state index is 13.3. The molecule has 10 nitrogen and oxygen atoms in total. The number of aromatic amines is 1. The van der Waals surface area contributed by atoms with Crippen molar-refractivity contribution in [2.45, 2.75) is 31.5 Å². The van der Waals surface area contributed by atoms with Gasteiger partial charge in [-0.05, 0) is 13.0 Å². The third-order valence-corrected chi connectivity index (χ3v) is 6.44. The summed E-state index contributed by atoms with van der Waals surface area (Å²) in [5.41, 5.74) is 0.477. The van der Waals surface area contributed by atoms with Crippen LogP contribution in [0.5, 0.6) is 5.75 Å². The number of carbonyl (C=O) groups is 1. The summed E-state index contributed by atoms with van der Waals surface area (Å²) in [6.45, 7) is 4.62. The number of nitrogens with zero attached hydrogens (tertiary/aromatic N) is 3. The molecule has 1 aromatic carbocycles. The zero-order valence-corrected chi connectivity index (χ0v) is 18.3. The van der Waals surface area contributed by atoms with Crippen molar-refractivity contribution in [3.8, 4) is 11.8 Å². The number of amides is 1. The normalized spacial score (nSPS) is 23.6. The number of nitriles is 1. The molecule has 2 N–H and O–H groups in total. The van der Waals surface area contributed by atoms with Gasteiger partial charge in [0, 0.05) is 37.4 Å². The number of benzene rings is 1. The molecule has 2 unspecified atom stereocenters. The fourth-order valence-electron chi connectivity index (χ4n) is 4.85. The molecule has 2 aromatic rings. The van der Waals surface area contributed by atoms with Gasteiger partial charge in [0.1, 0.15) is 17.5 Å². The van der Waals surface area contributed by atoms with E-state index in [0.717, 1.165) is 0 Å². The molecule has 5 rings (SSSR count). The van der Waals surface area contributed by atoms with Crippen LogP contribution in [-0.2, 0) is 14.3 Å². The van der Waals surface area contributed by atoms with E-state index < -0.39 is 23.5 Å². The lowest BCUT2D eigenvalue weighted by Gasteiger charge is -2.38. The smallest absolute Gasteiger partial charge is 0.258 e. The highest BCUT2D eigenvalue weighted by Gasteiger charge is 2.43. The topological polar surface area (TPSA) is 130 Å². The van der Waals surface area contributed by atoms with E-state index in [-0.39, 0.29) is 16.9 Å². The first-order chi connectivity index (χ1) is 16.0. The summed E-state index contributed by atoms with van der Waals surface area (Å²) >= 11 is 0. The number of para-hydroxylation sites is 1. The second-order valence-electron chi connectivity index (χ2n) is 8.29. The van der Waals surface area contributed by atoms with Crippen LogP contribution in [0.1, 0.15) is 36.8 Å². The molecule has 2 atom stereocenters. The zero-order chi connectivity index (χ0) is 23.0. The van der Waals surface area contributed by atoms with Crippen LogP contribution in [-0.4, -0.2) is 54.6 Å². The maximum atomic E-state index is 13.3. The molecule has 0 radical (unpaired) electrons. The summed E-state index contributed by atoms with van der Waals surface area (Å²) in [5.74, 6) is -1.83. The van der Waals surface area contributed by atoms with Crippen LogP contribution >= 0.6 is 0 Å². The minimum atomic E-state index is -1.08. The number of anilines is 2. The van der Waals surface area contributed by atoms with E-state index in [1.807, 2.05) is 17.9 Å². The Morgan fingerprint density at radius 2 is 1.97 bits per heavy atom. The Labute approximate surface area is 190 Å². The second-order valence-corrected chi connectivity index (χ2v) is 8.29. The van der Waals surface area contributed by atoms with Crippen LogP contribution in [0, 0.1) is 17.2 Å². The van der Waals surface area contributed by atoms with E-state index in [2.05, 4.69) is 21.4 Å². The summed E-state index contributed by atoms with van der Waals surface area (Å²) in [6.07, 6.45) is 1.31. The Bertz CT molecular complexity index is 1160. The van der Waals surface area contributed by atoms with Crippen LogP contribution in [0.3, 0.4) is 0 Å². The van der Waals surface area contributed by atoms with Crippen LogP contribution in [0.15, 0.2) is 29.1 Å². The minimum Gasteiger partial charge on any atom is -0.494 e. The van der Waals surface area contributed by atoms with Crippen molar-refractivity contribution in [3.63, 3.8) is 0 Å². The van der Waals surface area contributed by atoms with Crippen LogP contribution in [0.4, 0.5) is 11.8 Å². The van der Waals surface area contributed by atoms with E-state index in [1.54, 1.807) is 18.2 Å². The van der Waals surface area contributed by atoms with E-state index in [4.69, 9.17) is 14.2 Å². The monoisotopic (exact) mass is 451 g/mol. The Hall–Kier alpha value is -3.42. The molecule has 0 aliphatic carbocycles. The zero-order valence-electron chi connectivity index (χ0n) is 18.3. The van der Waals surface area contributed by atoms with Crippen molar-refractivity contribution < 1.29 is 19.0 Å². The molecule has 10 heteroatoms. The van der Waals surface area contributed by atoms with Gasteiger partial charge in [0.05, 0.1) is 31.5 Å². The molecular formula is C23H25N5O5. The lowest BCUT2D eigenvalue weighted by atomic mass is 9.79. The summed E-state index contributed by atoms with van der Waals surface area (Å²) in [7, 11) is 0. The number of ether oxygens (including phenoxy) is 3. The molecule has 3 aliphatic heterocycles. The summed E-state index contributed by atoms with van der Waals surface area (Å²) < 4.78 is 17.3. The third-order valence-electron chi connectivity index (χ3n) is 6.44. The molecule has 1 spiro atoms. The van der Waals surface area contributed by atoms with Crippen molar-refractivity contribution >= 4 is 17.7 Å². The largest absolute Gasteiger partial charge is 0.494 e. The molecule has 2 saturated heterocycles. The number of rotatable bonds is 4. The number of aromatic nitrogens is 2. The van der Waals surface area contributed by atoms with Gasteiger partial charge in [0.2, 0.25) is 11.9 Å². The number of hydrogen-bond donors (Lipinski definition) is 2. The maximum Gasteiger partial charge on any atom is 0.258 e. The highest BCUT2D eigenvalue weighted by molar-refractivity contribution is 5.98. The molecule has 0 bridgehead atoms. The Kier molecular flexibility index (Phi) is 5.52. The SMILES string of the molecule is CCOc1ccccc1C1c2c(nc(N3CCC4(CC3)OCCO4)[nH]c2=O)NC(=O)C1C#N. The lowest BCUT2D eigenvalue weighted by Crippen LogP contribution is -2.46. The van der Waals surface area contributed by atoms with E-state index in [9.17, 15) is 14.9 Å². The average Bonchev–Trinajstić information content (AvgIpc) is 3.27. The Balaban J connectivity index is 1.53. The fraction of sp³-hybridized carbons (Fsp3) is 0.478. The van der Waals surface area contributed by atoms with Crippen LogP contribution in [0.2, 0.25) is 0 Å². The molecule has 33 heavy (non-hydrogen) atoms. The molecule has 1 amide bonds. The van der Waals surface area contributed by atoms with E-state index >= 15 is 0 Å². The first-order valence-electron chi connectivity index (χ1n) is 11.1. The lowest BCUT2D eigenvalue weighted by molar-refractivity contribution is -0.169. The standard InChI is InChI=1S/C23H25N5O5/c1-2-31-16-6-4-3-5-14(16)17-15(13-24)20(29)25-19-18(17)21(30)27-22(26-19)28-9-7-23(8-10-28)32-11-12-33-23/h3-6,15,17H,2,7-12H2,1H3,(H2,25,26,27,29,30). The van der Waals surface area contributed by atoms with Crippen LogP contribution in [0.25, 0.3) is 0 Å². The van der Waals surface area contributed by atoms with Crippen molar-refractivity contribution in [2.75, 3.05) is 43.1 Å². The first kappa shape index (κ1) is 21.4. The molecule has 0 saturated carbocycles. The number of carbonyl (C=O) groups excluding carboxylic acids is 1.